The highest BCUT2D eigenvalue weighted by Crippen LogP contribution is 2.28. The third-order valence-corrected chi connectivity index (χ3v) is 5.44. The molecule has 35 heavy (non-hydrogen) atoms. The lowest BCUT2D eigenvalue weighted by Gasteiger charge is -2.20. The number of amides is 1. The first-order chi connectivity index (χ1) is 16.6. The summed E-state index contributed by atoms with van der Waals surface area (Å²) in [5.74, 6) is -2.17. The first kappa shape index (κ1) is 25.7. The van der Waals surface area contributed by atoms with Gasteiger partial charge in [-0.05, 0) is 48.4 Å². The predicted molar refractivity (Wildman–Crippen MR) is 118 cm³/mol. The minimum Gasteiger partial charge on any atom is -0.497 e. The average Bonchev–Trinajstić information content (AvgIpc) is 3.11. The number of hydrogen-bond donors (Lipinski definition) is 2. The molecule has 4 rings (SSSR count). The lowest BCUT2D eigenvalue weighted by molar-refractivity contribution is -0.192. The summed E-state index contributed by atoms with van der Waals surface area (Å²) in [6.07, 6.45) is -3.30. The molecule has 0 radical (unpaired) electrons. The second-order valence-corrected chi connectivity index (χ2v) is 7.74. The Morgan fingerprint density at radius 2 is 1.66 bits per heavy atom. The van der Waals surface area contributed by atoms with E-state index < -0.39 is 12.1 Å². The van der Waals surface area contributed by atoms with E-state index in [0.717, 1.165) is 41.1 Å². The number of fused-ring (bicyclic) bond motifs is 1. The summed E-state index contributed by atoms with van der Waals surface area (Å²) in [5, 5.41) is 14.8. The van der Waals surface area contributed by atoms with Crippen molar-refractivity contribution in [3.63, 3.8) is 0 Å². The topological polar surface area (TPSA) is 95.5 Å². The van der Waals surface area contributed by atoms with Crippen LogP contribution in [0, 0.1) is 5.82 Å². The number of aliphatic carboxylic acids is 1. The van der Waals surface area contributed by atoms with Crippen LogP contribution in [-0.4, -0.2) is 58.5 Å². The van der Waals surface area contributed by atoms with Crippen LogP contribution in [0.5, 0.6) is 5.75 Å². The van der Waals surface area contributed by atoms with E-state index in [1.165, 1.54) is 17.7 Å². The van der Waals surface area contributed by atoms with E-state index in [-0.39, 0.29) is 18.1 Å². The van der Waals surface area contributed by atoms with Crippen molar-refractivity contribution in [1.82, 2.24) is 15.1 Å². The molecular formula is C24H23F4N3O4. The van der Waals surface area contributed by atoms with Crippen molar-refractivity contribution in [3.8, 4) is 17.0 Å². The van der Waals surface area contributed by atoms with E-state index in [1.54, 1.807) is 19.2 Å². The number of nitrogens with one attached hydrogen (secondary N) is 1. The normalized spacial score (nSPS) is 13.2. The van der Waals surface area contributed by atoms with Gasteiger partial charge in [-0.25, -0.2) is 9.18 Å². The van der Waals surface area contributed by atoms with Crippen LogP contribution < -0.4 is 4.74 Å². The molecule has 1 aromatic heterocycles. The van der Waals surface area contributed by atoms with Crippen LogP contribution in [0.15, 0.2) is 48.5 Å². The molecular weight excluding hydrogens is 470 g/mol. The van der Waals surface area contributed by atoms with Gasteiger partial charge in [-0.2, -0.15) is 18.3 Å². The molecule has 2 aromatic carbocycles. The first-order valence-electron chi connectivity index (χ1n) is 10.6. The second kappa shape index (κ2) is 11.0. The molecule has 2 heterocycles. The number of hydrogen-bond acceptors (Lipinski definition) is 4. The van der Waals surface area contributed by atoms with E-state index in [0.29, 0.717) is 13.1 Å². The molecule has 0 aliphatic carbocycles. The number of ether oxygens (including phenoxy) is 1. The summed E-state index contributed by atoms with van der Waals surface area (Å²) in [7, 11) is 1.65. The lowest BCUT2D eigenvalue weighted by Crippen LogP contribution is -2.34. The Bertz CT molecular complexity index is 1160. The Morgan fingerprint density at radius 3 is 2.23 bits per heavy atom. The highest BCUT2D eigenvalue weighted by molar-refractivity contribution is 5.79. The van der Waals surface area contributed by atoms with Gasteiger partial charge in [0.15, 0.2) is 0 Å². The van der Waals surface area contributed by atoms with Gasteiger partial charge in [0.2, 0.25) is 5.91 Å². The lowest BCUT2D eigenvalue weighted by atomic mass is 10.0. The van der Waals surface area contributed by atoms with Crippen LogP contribution in [0.4, 0.5) is 17.6 Å². The molecule has 1 aliphatic heterocycles. The maximum Gasteiger partial charge on any atom is 0.490 e. The van der Waals surface area contributed by atoms with Gasteiger partial charge < -0.3 is 14.7 Å². The number of methoxy groups -OCH3 is 1. The van der Waals surface area contributed by atoms with Gasteiger partial charge in [0, 0.05) is 36.3 Å². The number of rotatable bonds is 4. The van der Waals surface area contributed by atoms with Crippen molar-refractivity contribution in [2.75, 3.05) is 20.2 Å². The molecule has 0 spiro atoms. The first-order valence-corrected chi connectivity index (χ1v) is 10.6. The molecule has 1 amide bonds. The summed E-state index contributed by atoms with van der Waals surface area (Å²) in [5.41, 5.74) is 5.05. The summed E-state index contributed by atoms with van der Waals surface area (Å²) >= 11 is 0. The molecule has 7 nitrogen and oxygen atoms in total. The quantitative estimate of drug-likeness (QED) is 0.536. The van der Waals surface area contributed by atoms with E-state index in [9.17, 15) is 22.4 Å². The van der Waals surface area contributed by atoms with Gasteiger partial charge in [0.25, 0.3) is 0 Å². The number of aromatic nitrogens is 2. The van der Waals surface area contributed by atoms with E-state index in [2.05, 4.69) is 10.2 Å². The number of alkyl halides is 3. The van der Waals surface area contributed by atoms with Gasteiger partial charge >= 0.3 is 12.1 Å². The second-order valence-electron chi connectivity index (χ2n) is 7.74. The number of nitrogens with zero attached hydrogens (tertiary/aromatic N) is 2. The third-order valence-electron chi connectivity index (χ3n) is 5.44. The molecule has 2 N–H and O–H groups in total. The van der Waals surface area contributed by atoms with Crippen molar-refractivity contribution < 1.29 is 37.0 Å². The smallest absolute Gasteiger partial charge is 0.490 e. The monoisotopic (exact) mass is 493 g/mol. The molecule has 0 unspecified atom stereocenters. The van der Waals surface area contributed by atoms with E-state index in [4.69, 9.17) is 14.6 Å². The van der Waals surface area contributed by atoms with Crippen LogP contribution in [0.25, 0.3) is 11.3 Å². The molecule has 0 atom stereocenters. The Balaban J connectivity index is 0.000000429. The van der Waals surface area contributed by atoms with Crippen molar-refractivity contribution in [2.45, 2.75) is 25.4 Å². The SMILES string of the molecule is COc1ccc(-c2n[nH]c3c2CCN(C(=O)Cc2ccc(F)cc2)CC3)cc1.O=C(O)C(F)(F)F. The summed E-state index contributed by atoms with van der Waals surface area (Å²) in [4.78, 5) is 23.5. The van der Waals surface area contributed by atoms with E-state index in [1.807, 2.05) is 29.2 Å². The molecule has 0 saturated carbocycles. The van der Waals surface area contributed by atoms with Crippen molar-refractivity contribution in [2.24, 2.45) is 0 Å². The van der Waals surface area contributed by atoms with Crippen molar-refractivity contribution >= 4 is 11.9 Å². The van der Waals surface area contributed by atoms with Gasteiger partial charge in [0.1, 0.15) is 11.6 Å². The number of carbonyl (C=O) groups excluding carboxylic acids is 1. The minimum atomic E-state index is -5.08. The minimum absolute atomic E-state index is 0.0655. The zero-order chi connectivity index (χ0) is 25.6. The van der Waals surface area contributed by atoms with Crippen LogP contribution in [0.1, 0.15) is 16.8 Å². The average molecular weight is 493 g/mol. The van der Waals surface area contributed by atoms with E-state index >= 15 is 0 Å². The number of H-pyrrole nitrogens is 1. The molecule has 3 aromatic rings. The molecule has 186 valence electrons. The highest BCUT2D eigenvalue weighted by atomic mass is 19.4. The number of carbonyl (C=O) groups is 2. The maximum absolute atomic E-state index is 13.1. The molecule has 1 aliphatic rings. The highest BCUT2D eigenvalue weighted by Gasteiger charge is 2.38. The Kier molecular flexibility index (Phi) is 8.10. The standard InChI is InChI=1S/C22H22FN3O2.C2HF3O2/c1-28-18-8-4-16(5-9-18)22-19-10-12-26(13-11-20(19)24-25-22)21(27)14-15-2-6-17(23)7-3-15;3-2(4,5)1(6)7/h2-9H,10-14H2,1H3,(H,24,25);(H,6,7). The number of carboxylic acids is 1. The molecule has 11 heteroatoms. The number of aromatic amines is 1. The van der Waals surface area contributed by atoms with Gasteiger partial charge in [-0.3, -0.25) is 9.89 Å². The van der Waals surface area contributed by atoms with Crippen molar-refractivity contribution in [1.29, 1.82) is 0 Å². The van der Waals surface area contributed by atoms with Crippen LogP contribution in [-0.2, 0) is 28.9 Å². The van der Waals surface area contributed by atoms with Crippen LogP contribution >= 0.6 is 0 Å². The maximum atomic E-state index is 13.1. The Hall–Kier alpha value is -3.89. The van der Waals surface area contributed by atoms with Gasteiger partial charge in [-0.1, -0.05) is 12.1 Å². The predicted octanol–water partition coefficient (Wildman–Crippen LogP) is 4.03. The fourth-order valence-electron chi connectivity index (χ4n) is 3.61. The molecule has 0 saturated heterocycles. The Labute approximate surface area is 198 Å². The summed E-state index contributed by atoms with van der Waals surface area (Å²) in [6, 6.07) is 14.0. The molecule has 0 bridgehead atoms. The number of benzene rings is 2. The third kappa shape index (κ3) is 6.81. The molecule has 0 fully saturated rings. The van der Waals surface area contributed by atoms with Gasteiger partial charge in [0.05, 0.1) is 19.2 Å². The number of carboxylic acid groups (broad SMARTS) is 1. The zero-order valence-corrected chi connectivity index (χ0v) is 18.7. The fraction of sp³-hybridized carbons (Fsp3) is 0.292. The zero-order valence-electron chi connectivity index (χ0n) is 18.7. The number of halogens is 4. The van der Waals surface area contributed by atoms with Gasteiger partial charge in [-0.15, -0.1) is 0 Å². The Morgan fingerprint density at radius 1 is 1.06 bits per heavy atom. The van der Waals surface area contributed by atoms with Crippen molar-refractivity contribution in [3.05, 3.63) is 71.2 Å². The summed E-state index contributed by atoms with van der Waals surface area (Å²) < 4.78 is 50.0. The van der Waals surface area contributed by atoms with Crippen LogP contribution in [0.2, 0.25) is 0 Å². The van der Waals surface area contributed by atoms with Crippen LogP contribution in [0.3, 0.4) is 0 Å². The summed E-state index contributed by atoms with van der Waals surface area (Å²) in [6.45, 7) is 1.30. The fourth-order valence-corrected chi connectivity index (χ4v) is 3.61. The largest absolute Gasteiger partial charge is 0.497 e.